The van der Waals surface area contributed by atoms with E-state index in [4.69, 9.17) is 4.74 Å². The van der Waals surface area contributed by atoms with Crippen molar-refractivity contribution in [2.24, 2.45) is 0 Å². The standard InChI is InChI=1S/C18H19N3OS/c1-13-8-9-14(2)15(10-13)11-23-18-20-19-12-21(18)16-6-4-5-7-17(16)22-3/h4-10,12H,11H2,1-3H3. The van der Waals surface area contributed by atoms with Gasteiger partial charge in [0.25, 0.3) is 0 Å². The first kappa shape index (κ1) is 15.6. The molecule has 3 rings (SSSR count). The number of methoxy groups -OCH3 is 1. The van der Waals surface area contributed by atoms with Crippen molar-refractivity contribution >= 4 is 11.8 Å². The van der Waals surface area contributed by atoms with E-state index in [-0.39, 0.29) is 0 Å². The Hall–Kier alpha value is -2.27. The van der Waals surface area contributed by atoms with E-state index in [0.29, 0.717) is 0 Å². The number of rotatable bonds is 5. The zero-order valence-corrected chi connectivity index (χ0v) is 14.3. The molecule has 0 bridgehead atoms. The van der Waals surface area contributed by atoms with Crippen LogP contribution in [-0.2, 0) is 5.75 Å². The van der Waals surface area contributed by atoms with E-state index < -0.39 is 0 Å². The van der Waals surface area contributed by atoms with Crippen LogP contribution in [0.5, 0.6) is 5.75 Å². The van der Waals surface area contributed by atoms with Crippen LogP contribution in [0.15, 0.2) is 53.9 Å². The van der Waals surface area contributed by atoms with Crippen LogP contribution in [0.25, 0.3) is 5.69 Å². The fourth-order valence-corrected chi connectivity index (χ4v) is 3.40. The fraction of sp³-hybridized carbons (Fsp3) is 0.222. The summed E-state index contributed by atoms with van der Waals surface area (Å²) in [5.41, 5.74) is 4.84. The molecule has 0 fully saturated rings. The quantitative estimate of drug-likeness (QED) is 0.660. The average molecular weight is 325 g/mol. The summed E-state index contributed by atoms with van der Waals surface area (Å²) in [7, 11) is 1.67. The molecule has 1 heterocycles. The Morgan fingerprint density at radius 2 is 1.96 bits per heavy atom. The number of aryl methyl sites for hydroxylation is 2. The molecule has 2 aromatic carbocycles. The second kappa shape index (κ2) is 6.87. The molecule has 0 N–H and O–H groups in total. The summed E-state index contributed by atoms with van der Waals surface area (Å²) in [4.78, 5) is 0. The van der Waals surface area contributed by atoms with Crippen molar-refractivity contribution in [3.8, 4) is 11.4 Å². The zero-order chi connectivity index (χ0) is 16.2. The Bertz CT molecular complexity index is 814. The molecule has 0 aliphatic rings. The van der Waals surface area contributed by atoms with Crippen molar-refractivity contribution < 1.29 is 4.74 Å². The van der Waals surface area contributed by atoms with E-state index in [1.165, 1.54) is 16.7 Å². The van der Waals surface area contributed by atoms with Gasteiger partial charge in [-0.3, -0.25) is 4.57 Å². The number of hydrogen-bond acceptors (Lipinski definition) is 4. The summed E-state index contributed by atoms with van der Waals surface area (Å²) >= 11 is 1.68. The predicted molar refractivity (Wildman–Crippen MR) is 93.4 cm³/mol. The van der Waals surface area contributed by atoms with Gasteiger partial charge in [-0.25, -0.2) is 0 Å². The van der Waals surface area contributed by atoms with Gasteiger partial charge >= 0.3 is 0 Å². The maximum atomic E-state index is 5.44. The molecule has 0 atom stereocenters. The van der Waals surface area contributed by atoms with Crippen LogP contribution >= 0.6 is 11.8 Å². The molecule has 5 heteroatoms. The third-order valence-corrected chi connectivity index (χ3v) is 4.71. The lowest BCUT2D eigenvalue weighted by molar-refractivity contribution is 0.412. The number of ether oxygens (including phenoxy) is 1. The number of hydrogen-bond donors (Lipinski definition) is 0. The lowest BCUT2D eigenvalue weighted by Crippen LogP contribution is -1.99. The third kappa shape index (κ3) is 3.40. The average Bonchev–Trinajstić information content (AvgIpc) is 3.04. The van der Waals surface area contributed by atoms with Crippen molar-refractivity contribution in [2.75, 3.05) is 7.11 Å². The minimum Gasteiger partial charge on any atom is -0.495 e. The molecule has 0 aliphatic heterocycles. The summed E-state index contributed by atoms with van der Waals surface area (Å²) in [6.07, 6.45) is 1.73. The lowest BCUT2D eigenvalue weighted by atomic mass is 10.1. The molecule has 0 spiro atoms. The largest absolute Gasteiger partial charge is 0.495 e. The molecule has 0 amide bonds. The fourth-order valence-electron chi connectivity index (χ4n) is 2.41. The van der Waals surface area contributed by atoms with E-state index in [2.05, 4.69) is 42.2 Å². The third-order valence-electron chi connectivity index (χ3n) is 3.72. The second-order valence-electron chi connectivity index (χ2n) is 5.37. The van der Waals surface area contributed by atoms with Crippen LogP contribution in [0.4, 0.5) is 0 Å². The molecule has 23 heavy (non-hydrogen) atoms. The van der Waals surface area contributed by atoms with Gasteiger partial charge in [-0.15, -0.1) is 10.2 Å². The summed E-state index contributed by atoms with van der Waals surface area (Å²) in [5, 5.41) is 9.18. The van der Waals surface area contributed by atoms with Gasteiger partial charge in [0.2, 0.25) is 0 Å². The number of aromatic nitrogens is 3. The summed E-state index contributed by atoms with van der Waals surface area (Å²) in [5.74, 6) is 1.67. The van der Waals surface area contributed by atoms with Crippen LogP contribution in [0.3, 0.4) is 0 Å². The zero-order valence-electron chi connectivity index (χ0n) is 13.5. The molecule has 0 unspecified atom stereocenters. The highest BCUT2D eigenvalue weighted by molar-refractivity contribution is 7.98. The Morgan fingerprint density at radius 3 is 2.78 bits per heavy atom. The smallest absolute Gasteiger partial charge is 0.196 e. The Labute approximate surface area is 140 Å². The maximum Gasteiger partial charge on any atom is 0.196 e. The van der Waals surface area contributed by atoms with Crippen LogP contribution in [0, 0.1) is 13.8 Å². The van der Waals surface area contributed by atoms with Crippen LogP contribution in [0.1, 0.15) is 16.7 Å². The van der Waals surface area contributed by atoms with Gasteiger partial charge in [0.15, 0.2) is 5.16 Å². The predicted octanol–water partition coefficient (Wildman–Crippen LogP) is 4.19. The topological polar surface area (TPSA) is 39.9 Å². The summed E-state index contributed by atoms with van der Waals surface area (Å²) < 4.78 is 7.40. The molecule has 118 valence electrons. The molecular weight excluding hydrogens is 306 g/mol. The first-order chi connectivity index (χ1) is 11.2. The van der Waals surface area contributed by atoms with Gasteiger partial charge in [-0.05, 0) is 37.1 Å². The van der Waals surface area contributed by atoms with Gasteiger partial charge in [-0.1, -0.05) is 47.7 Å². The van der Waals surface area contributed by atoms with Crippen molar-refractivity contribution in [1.29, 1.82) is 0 Å². The molecule has 4 nitrogen and oxygen atoms in total. The Morgan fingerprint density at radius 1 is 1.13 bits per heavy atom. The normalized spacial score (nSPS) is 10.7. The summed E-state index contributed by atoms with van der Waals surface area (Å²) in [6, 6.07) is 14.4. The van der Waals surface area contributed by atoms with Crippen LogP contribution in [0.2, 0.25) is 0 Å². The van der Waals surface area contributed by atoms with Crippen molar-refractivity contribution in [3.63, 3.8) is 0 Å². The highest BCUT2D eigenvalue weighted by Gasteiger charge is 2.11. The molecule has 0 radical (unpaired) electrons. The van der Waals surface area contributed by atoms with Crippen molar-refractivity contribution in [2.45, 2.75) is 24.8 Å². The van der Waals surface area contributed by atoms with Gasteiger partial charge in [0, 0.05) is 5.75 Å². The van der Waals surface area contributed by atoms with Gasteiger partial charge < -0.3 is 4.74 Å². The van der Waals surface area contributed by atoms with Crippen molar-refractivity contribution in [1.82, 2.24) is 14.8 Å². The van der Waals surface area contributed by atoms with E-state index in [1.807, 2.05) is 28.8 Å². The van der Waals surface area contributed by atoms with E-state index in [9.17, 15) is 0 Å². The van der Waals surface area contributed by atoms with Crippen LogP contribution < -0.4 is 4.74 Å². The maximum absolute atomic E-state index is 5.44. The number of nitrogens with zero attached hydrogens (tertiary/aromatic N) is 3. The molecule has 3 aromatic rings. The minimum atomic E-state index is 0.806. The molecule has 0 saturated heterocycles. The van der Waals surface area contributed by atoms with Gasteiger partial charge in [0.1, 0.15) is 12.1 Å². The summed E-state index contributed by atoms with van der Waals surface area (Å²) in [6.45, 7) is 4.26. The number of para-hydroxylation sites is 2. The van der Waals surface area contributed by atoms with Gasteiger partial charge in [-0.2, -0.15) is 0 Å². The first-order valence-electron chi connectivity index (χ1n) is 7.41. The molecule has 1 aromatic heterocycles. The van der Waals surface area contributed by atoms with E-state index in [0.717, 1.165) is 22.3 Å². The molecule has 0 aliphatic carbocycles. The van der Waals surface area contributed by atoms with E-state index in [1.54, 1.807) is 25.2 Å². The molecule has 0 saturated carbocycles. The highest BCUT2D eigenvalue weighted by atomic mass is 32.2. The van der Waals surface area contributed by atoms with Crippen molar-refractivity contribution in [3.05, 3.63) is 65.5 Å². The van der Waals surface area contributed by atoms with Crippen LogP contribution in [-0.4, -0.2) is 21.9 Å². The molecular formula is C18H19N3OS. The van der Waals surface area contributed by atoms with E-state index >= 15 is 0 Å². The Kier molecular flexibility index (Phi) is 4.67. The monoisotopic (exact) mass is 325 g/mol. The minimum absolute atomic E-state index is 0.806. The number of thioether (sulfide) groups is 1. The first-order valence-corrected chi connectivity index (χ1v) is 8.40. The SMILES string of the molecule is COc1ccccc1-n1cnnc1SCc1cc(C)ccc1C. The highest BCUT2D eigenvalue weighted by Crippen LogP contribution is 2.29. The van der Waals surface area contributed by atoms with Gasteiger partial charge in [0.05, 0.1) is 12.8 Å². The Balaban J connectivity index is 1.86. The second-order valence-corrected chi connectivity index (χ2v) is 6.32. The lowest BCUT2D eigenvalue weighted by Gasteiger charge is -2.11. The number of benzene rings is 2.